The van der Waals surface area contributed by atoms with Crippen LogP contribution in [0.4, 0.5) is 0 Å². The second-order valence-electron chi connectivity index (χ2n) is 4.16. The second kappa shape index (κ2) is 6.40. The van der Waals surface area contributed by atoms with Gasteiger partial charge in [-0.3, -0.25) is 0 Å². The highest BCUT2D eigenvalue weighted by atomic mass is 32.2. The van der Waals surface area contributed by atoms with Crippen LogP contribution in [0.25, 0.3) is 0 Å². The Bertz CT molecular complexity index is 336. The summed E-state index contributed by atoms with van der Waals surface area (Å²) in [5.74, 6) is 1.10. The van der Waals surface area contributed by atoms with E-state index >= 15 is 0 Å². The number of nitrogens with one attached hydrogen (secondary N) is 1. The lowest BCUT2D eigenvalue weighted by Crippen LogP contribution is -2.47. The predicted molar refractivity (Wildman–Crippen MR) is 72.4 cm³/mol. The fraction of sp³-hybridized carbons (Fsp3) is 0.538. The van der Waals surface area contributed by atoms with Crippen molar-refractivity contribution in [2.45, 2.75) is 23.9 Å². The summed E-state index contributed by atoms with van der Waals surface area (Å²) in [5.41, 5.74) is 7.42. The topological polar surface area (TPSA) is 47.3 Å². The average Bonchev–Trinajstić information content (AvgIpc) is 2.40. The zero-order valence-corrected chi connectivity index (χ0v) is 11.0. The zero-order chi connectivity index (χ0) is 12.1. The van der Waals surface area contributed by atoms with Gasteiger partial charge in [0.2, 0.25) is 0 Å². The molecule has 3 N–H and O–H groups in total. The molecular weight excluding hydrogens is 232 g/mol. The van der Waals surface area contributed by atoms with E-state index in [1.165, 1.54) is 10.5 Å². The number of morpholine rings is 1. The minimum absolute atomic E-state index is 0.0102. The summed E-state index contributed by atoms with van der Waals surface area (Å²) in [6.45, 7) is 4.54. The molecule has 1 aromatic carbocycles. The summed E-state index contributed by atoms with van der Waals surface area (Å²) in [7, 11) is 0. The van der Waals surface area contributed by atoms with E-state index in [1.807, 2.05) is 11.8 Å². The molecule has 3 nitrogen and oxygen atoms in total. The van der Waals surface area contributed by atoms with Crippen LogP contribution < -0.4 is 11.1 Å². The van der Waals surface area contributed by atoms with Gasteiger partial charge >= 0.3 is 0 Å². The van der Waals surface area contributed by atoms with Crippen LogP contribution in [0.1, 0.15) is 18.5 Å². The van der Waals surface area contributed by atoms with E-state index in [-0.39, 0.29) is 12.1 Å². The number of nitrogens with two attached hydrogens (primary N) is 1. The van der Waals surface area contributed by atoms with Crippen LogP contribution >= 0.6 is 11.8 Å². The number of ether oxygens (including phenoxy) is 1. The van der Waals surface area contributed by atoms with Crippen LogP contribution in [0, 0.1) is 0 Å². The van der Waals surface area contributed by atoms with Crippen molar-refractivity contribution in [2.24, 2.45) is 5.73 Å². The normalized spacial score (nSPS) is 22.4. The molecule has 94 valence electrons. The average molecular weight is 252 g/mol. The first-order valence-electron chi connectivity index (χ1n) is 6.10. The first-order chi connectivity index (χ1) is 8.31. The third-order valence-corrected chi connectivity index (χ3v) is 3.85. The van der Waals surface area contributed by atoms with Gasteiger partial charge in [0.1, 0.15) is 0 Å². The van der Waals surface area contributed by atoms with E-state index in [1.54, 1.807) is 0 Å². The molecule has 1 aromatic rings. The summed E-state index contributed by atoms with van der Waals surface area (Å²) < 4.78 is 5.44. The lowest BCUT2D eigenvalue weighted by atomic mass is 10.0. The van der Waals surface area contributed by atoms with Crippen molar-refractivity contribution < 1.29 is 4.74 Å². The van der Waals surface area contributed by atoms with E-state index in [0.29, 0.717) is 6.61 Å². The van der Waals surface area contributed by atoms with Gasteiger partial charge in [-0.15, -0.1) is 11.8 Å². The Kier molecular flexibility index (Phi) is 4.86. The Morgan fingerprint density at radius 1 is 1.47 bits per heavy atom. The van der Waals surface area contributed by atoms with Gasteiger partial charge in [0.25, 0.3) is 0 Å². The van der Waals surface area contributed by atoms with Gasteiger partial charge in [-0.1, -0.05) is 19.1 Å². The van der Waals surface area contributed by atoms with Crippen molar-refractivity contribution in [3.8, 4) is 0 Å². The van der Waals surface area contributed by atoms with Crippen LogP contribution in [-0.4, -0.2) is 31.6 Å². The lowest BCUT2D eigenvalue weighted by Gasteiger charge is -2.29. The molecule has 1 aliphatic heterocycles. The van der Waals surface area contributed by atoms with E-state index in [9.17, 15) is 0 Å². The molecule has 0 aromatic heterocycles. The van der Waals surface area contributed by atoms with E-state index in [4.69, 9.17) is 10.5 Å². The molecule has 2 rings (SSSR count). The van der Waals surface area contributed by atoms with Gasteiger partial charge in [0.15, 0.2) is 0 Å². The Hall–Kier alpha value is -0.550. The summed E-state index contributed by atoms with van der Waals surface area (Å²) in [4.78, 5) is 1.30. The smallest absolute Gasteiger partial charge is 0.0638 e. The van der Waals surface area contributed by atoms with Crippen molar-refractivity contribution >= 4 is 11.8 Å². The van der Waals surface area contributed by atoms with Gasteiger partial charge in [-0.25, -0.2) is 0 Å². The van der Waals surface area contributed by atoms with Gasteiger partial charge in [-0.2, -0.15) is 0 Å². The van der Waals surface area contributed by atoms with E-state index < -0.39 is 0 Å². The molecule has 17 heavy (non-hydrogen) atoms. The minimum Gasteiger partial charge on any atom is -0.378 e. The molecule has 1 heterocycles. The van der Waals surface area contributed by atoms with E-state index in [0.717, 1.165) is 18.9 Å². The Morgan fingerprint density at radius 2 is 2.24 bits per heavy atom. The molecule has 0 aliphatic carbocycles. The maximum Gasteiger partial charge on any atom is 0.0638 e. The number of benzene rings is 1. The fourth-order valence-electron chi connectivity index (χ4n) is 2.00. The van der Waals surface area contributed by atoms with Crippen LogP contribution in [0.3, 0.4) is 0 Å². The van der Waals surface area contributed by atoms with Crippen LogP contribution in [0.15, 0.2) is 29.2 Å². The first kappa shape index (κ1) is 12.9. The number of hydrogen-bond donors (Lipinski definition) is 2. The first-order valence-corrected chi connectivity index (χ1v) is 7.09. The van der Waals surface area contributed by atoms with Gasteiger partial charge in [-0.05, 0) is 23.4 Å². The van der Waals surface area contributed by atoms with Crippen molar-refractivity contribution in [3.05, 3.63) is 29.8 Å². The molecule has 0 bridgehead atoms. The van der Waals surface area contributed by atoms with Gasteiger partial charge < -0.3 is 15.8 Å². The highest BCUT2D eigenvalue weighted by Crippen LogP contribution is 2.21. The highest BCUT2D eigenvalue weighted by molar-refractivity contribution is 7.99. The molecule has 0 saturated carbocycles. The molecule has 4 heteroatoms. The maximum absolute atomic E-state index is 6.24. The molecule has 0 amide bonds. The highest BCUT2D eigenvalue weighted by Gasteiger charge is 2.21. The molecule has 0 radical (unpaired) electrons. The largest absolute Gasteiger partial charge is 0.378 e. The molecule has 1 saturated heterocycles. The SMILES string of the molecule is CCSc1ccc(C(N)C2COCCN2)cc1. The number of thioether (sulfide) groups is 1. The van der Waals surface area contributed by atoms with E-state index in [2.05, 4.69) is 36.5 Å². The summed E-state index contributed by atoms with van der Waals surface area (Å²) >= 11 is 1.85. The third kappa shape index (κ3) is 3.45. The van der Waals surface area contributed by atoms with Gasteiger partial charge in [0, 0.05) is 23.5 Å². The second-order valence-corrected chi connectivity index (χ2v) is 5.50. The molecule has 1 fully saturated rings. The Labute approximate surface area is 107 Å². The van der Waals surface area contributed by atoms with Crippen molar-refractivity contribution in [3.63, 3.8) is 0 Å². The summed E-state index contributed by atoms with van der Waals surface area (Å²) in [6.07, 6.45) is 0. The Balaban J connectivity index is 2.00. The molecule has 2 unspecified atom stereocenters. The lowest BCUT2D eigenvalue weighted by molar-refractivity contribution is 0.0685. The maximum atomic E-state index is 6.24. The van der Waals surface area contributed by atoms with Crippen molar-refractivity contribution in [1.82, 2.24) is 5.32 Å². The fourth-order valence-corrected chi connectivity index (χ4v) is 2.66. The van der Waals surface area contributed by atoms with Crippen LogP contribution in [0.5, 0.6) is 0 Å². The van der Waals surface area contributed by atoms with Crippen molar-refractivity contribution in [2.75, 3.05) is 25.5 Å². The standard InChI is InChI=1S/C13H20N2OS/c1-2-17-11-5-3-10(4-6-11)13(14)12-9-16-8-7-15-12/h3-6,12-13,15H,2,7-9,14H2,1H3. The van der Waals surface area contributed by atoms with Gasteiger partial charge in [0.05, 0.1) is 13.2 Å². The Morgan fingerprint density at radius 3 is 2.82 bits per heavy atom. The quantitative estimate of drug-likeness (QED) is 0.802. The molecule has 0 spiro atoms. The van der Waals surface area contributed by atoms with Crippen LogP contribution in [0.2, 0.25) is 0 Å². The molecule has 1 aliphatic rings. The monoisotopic (exact) mass is 252 g/mol. The van der Waals surface area contributed by atoms with Crippen LogP contribution in [-0.2, 0) is 4.74 Å². The third-order valence-electron chi connectivity index (χ3n) is 2.96. The summed E-state index contributed by atoms with van der Waals surface area (Å²) in [5, 5.41) is 3.40. The summed E-state index contributed by atoms with van der Waals surface area (Å²) in [6, 6.07) is 8.78. The minimum atomic E-state index is 0.0102. The molecular formula is C13H20N2OS. The number of rotatable bonds is 4. The number of hydrogen-bond acceptors (Lipinski definition) is 4. The predicted octanol–water partition coefficient (Wildman–Crippen LogP) is 1.79. The molecule has 2 atom stereocenters. The van der Waals surface area contributed by atoms with Crippen molar-refractivity contribution in [1.29, 1.82) is 0 Å². The zero-order valence-electron chi connectivity index (χ0n) is 10.2.